The molecular weight excluding hydrogens is 258 g/mol. The Balaban J connectivity index is 2.06. The molecule has 21 heavy (non-hydrogen) atoms. The summed E-state index contributed by atoms with van der Waals surface area (Å²) in [6.45, 7) is 9.27. The fraction of sp³-hybridized carbons (Fsp3) is 0.833. The third-order valence-corrected chi connectivity index (χ3v) is 5.37. The molecule has 0 aromatic carbocycles. The van der Waals surface area contributed by atoms with E-state index in [1.807, 2.05) is 11.7 Å². The number of hydrogen-bond donors (Lipinski definition) is 1. The fourth-order valence-corrected chi connectivity index (χ4v) is 3.74. The van der Waals surface area contributed by atoms with Crippen LogP contribution in [0, 0.1) is 11.3 Å². The van der Waals surface area contributed by atoms with Gasteiger partial charge in [0.25, 0.3) is 0 Å². The molecule has 1 aliphatic carbocycles. The highest BCUT2D eigenvalue weighted by Crippen LogP contribution is 2.39. The predicted octanol–water partition coefficient (Wildman–Crippen LogP) is 3.85. The lowest BCUT2D eigenvalue weighted by Gasteiger charge is -2.31. The minimum absolute atomic E-state index is 0.0429. The summed E-state index contributed by atoms with van der Waals surface area (Å²) < 4.78 is 2.03. The first-order valence-electron chi connectivity index (χ1n) is 8.54. The van der Waals surface area contributed by atoms with E-state index in [1.54, 1.807) is 0 Å². The normalized spacial score (nSPS) is 27.6. The van der Waals surface area contributed by atoms with Gasteiger partial charge in [0.1, 0.15) is 0 Å². The summed E-state index contributed by atoms with van der Waals surface area (Å²) in [5.41, 5.74) is 9.62. The summed E-state index contributed by atoms with van der Waals surface area (Å²) in [6, 6.07) is 2.24. The van der Waals surface area contributed by atoms with Gasteiger partial charge in [-0.05, 0) is 49.5 Å². The van der Waals surface area contributed by atoms with Crippen LogP contribution in [0.25, 0.3) is 0 Å². The van der Waals surface area contributed by atoms with Crippen molar-refractivity contribution in [2.45, 2.75) is 78.2 Å². The standard InChI is InChI=1S/C18H33N3/c1-6-15-12-16(21(5)20-15)13-18(19)10-7-8-14(9-11-18)17(2,3)4/h12,14H,6-11,13,19H2,1-5H3. The first-order chi connectivity index (χ1) is 9.73. The maximum absolute atomic E-state index is 6.78. The predicted molar refractivity (Wildman–Crippen MR) is 89.2 cm³/mol. The Morgan fingerprint density at radius 3 is 2.62 bits per heavy atom. The molecule has 0 aliphatic heterocycles. The van der Waals surface area contributed by atoms with Gasteiger partial charge in [0.05, 0.1) is 5.69 Å². The zero-order chi connectivity index (χ0) is 15.7. The number of nitrogens with zero attached hydrogens (tertiary/aromatic N) is 2. The van der Waals surface area contributed by atoms with Gasteiger partial charge >= 0.3 is 0 Å². The number of rotatable bonds is 3. The summed E-state index contributed by atoms with van der Waals surface area (Å²) in [5, 5.41) is 4.56. The second kappa shape index (κ2) is 6.12. The molecule has 3 heteroatoms. The van der Waals surface area contributed by atoms with Gasteiger partial charge in [0, 0.05) is 24.7 Å². The van der Waals surface area contributed by atoms with E-state index < -0.39 is 0 Å². The smallest absolute Gasteiger partial charge is 0.0624 e. The number of nitrogens with two attached hydrogens (primary N) is 1. The maximum Gasteiger partial charge on any atom is 0.0624 e. The molecule has 0 saturated heterocycles. The molecule has 0 bridgehead atoms. The molecule has 120 valence electrons. The van der Waals surface area contributed by atoms with Crippen LogP contribution in [0.3, 0.4) is 0 Å². The van der Waals surface area contributed by atoms with Gasteiger partial charge in [-0.1, -0.05) is 34.1 Å². The topological polar surface area (TPSA) is 43.8 Å². The molecule has 3 nitrogen and oxygen atoms in total. The van der Waals surface area contributed by atoms with Crippen LogP contribution in [0.2, 0.25) is 0 Å². The Morgan fingerprint density at radius 2 is 2.05 bits per heavy atom. The first kappa shape index (κ1) is 16.5. The molecule has 2 unspecified atom stereocenters. The van der Waals surface area contributed by atoms with Gasteiger partial charge in [-0.3, -0.25) is 4.68 Å². The molecule has 0 amide bonds. The molecule has 1 aromatic heterocycles. The van der Waals surface area contributed by atoms with Crippen molar-refractivity contribution in [3.8, 4) is 0 Å². The van der Waals surface area contributed by atoms with E-state index in [4.69, 9.17) is 5.73 Å². The van der Waals surface area contributed by atoms with Crippen molar-refractivity contribution in [1.82, 2.24) is 9.78 Å². The van der Waals surface area contributed by atoms with E-state index in [0.29, 0.717) is 5.41 Å². The zero-order valence-electron chi connectivity index (χ0n) is 14.6. The molecule has 2 atom stereocenters. The lowest BCUT2D eigenvalue weighted by atomic mass is 9.76. The van der Waals surface area contributed by atoms with Crippen LogP contribution >= 0.6 is 0 Å². The Hall–Kier alpha value is -0.830. The molecule has 2 rings (SSSR count). The van der Waals surface area contributed by atoms with Gasteiger partial charge in [-0.2, -0.15) is 5.10 Å². The molecule has 1 fully saturated rings. The van der Waals surface area contributed by atoms with Crippen molar-refractivity contribution >= 4 is 0 Å². The lowest BCUT2D eigenvalue weighted by molar-refractivity contribution is 0.210. The minimum atomic E-state index is -0.0429. The number of aryl methyl sites for hydroxylation is 2. The highest BCUT2D eigenvalue weighted by molar-refractivity contribution is 5.14. The first-order valence-corrected chi connectivity index (χ1v) is 8.54. The van der Waals surface area contributed by atoms with Crippen molar-refractivity contribution < 1.29 is 0 Å². The number of hydrogen-bond acceptors (Lipinski definition) is 2. The van der Waals surface area contributed by atoms with E-state index in [0.717, 1.165) is 31.6 Å². The van der Waals surface area contributed by atoms with E-state index in [1.165, 1.54) is 30.7 Å². The van der Waals surface area contributed by atoms with Crippen molar-refractivity contribution in [1.29, 1.82) is 0 Å². The third kappa shape index (κ3) is 4.09. The van der Waals surface area contributed by atoms with E-state index in [9.17, 15) is 0 Å². The van der Waals surface area contributed by atoms with E-state index in [2.05, 4.69) is 38.9 Å². The summed E-state index contributed by atoms with van der Waals surface area (Å²) in [5.74, 6) is 0.806. The van der Waals surface area contributed by atoms with Gasteiger partial charge in [-0.25, -0.2) is 0 Å². The van der Waals surface area contributed by atoms with Crippen LogP contribution < -0.4 is 5.73 Å². The van der Waals surface area contributed by atoms with Crippen LogP contribution in [-0.4, -0.2) is 15.3 Å². The van der Waals surface area contributed by atoms with Gasteiger partial charge in [-0.15, -0.1) is 0 Å². The molecule has 1 saturated carbocycles. The average Bonchev–Trinajstić information content (AvgIpc) is 2.60. The second-order valence-electron chi connectivity index (χ2n) is 8.14. The Bertz CT molecular complexity index is 469. The Morgan fingerprint density at radius 1 is 1.33 bits per heavy atom. The fourth-order valence-electron chi connectivity index (χ4n) is 3.74. The van der Waals surface area contributed by atoms with Gasteiger partial charge in [0.2, 0.25) is 0 Å². The SMILES string of the molecule is CCc1cc(CC2(N)CCCC(C(C)(C)C)CC2)n(C)n1. The third-order valence-electron chi connectivity index (χ3n) is 5.37. The maximum atomic E-state index is 6.78. The van der Waals surface area contributed by atoms with E-state index >= 15 is 0 Å². The summed E-state index contributed by atoms with van der Waals surface area (Å²) >= 11 is 0. The summed E-state index contributed by atoms with van der Waals surface area (Å²) in [6.07, 6.45) is 8.10. The minimum Gasteiger partial charge on any atom is -0.325 e. The van der Waals surface area contributed by atoms with Crippen LogP contribution in [0.15, 0.2) is 6.07 Å². The molecule has 1 aliphatic rings. The zero-order valence-corrected chi connectivity index (χ0v) is 14.6. The average molecular weight is 291 g/mol. The van der Waals surface area contributed by atoms with Gasteiger partial charge < -0.3 is 5.73 Å². The molecule has 2 N–H and O–H groups in total. The molecule has 0 spiro atoms. The summed E-state index contributed by atoms with van der Waals surface area (Å²) in [4.78, 5) is 0. The number of aromatic nitrogens is 2. The van der Waals surface area contributed by atoms with Crippen molar-refractivity contribution in [3.05, 3.63) is 17.5 Å². The van der Waals surface area contributed by atoms with Crippen LogP contribution in [0.1, 0.15) is 71.2 Å². The molecule has 0 radical (unpaired) electrons. The quantitative estimate of drug-likeness (QED) is 0.860. The van der Waals surface area contributed by atoms with Gasteiger partial charge in [0.15, 0.2) is 0 Å². The van der Waals surface area contributed by atoms with Crippen LogP contribution in [0.4, 0.5) is 0 Å². The highest BCUT2D eigenvalue weighted by Gasteiger charge is 2.34. The van der Waals surface area contributed by atoms with Crippen molar-refractivity contribution in [2.75, 3.05) is 0 Å². The Kier molecular flexibility index (Phi) is 4.82. The molecular formula is C18H33N3. The molecule has 1 heterocycles. The largest absolute Gasteiger partial charge is 0.325 e. The monoisotopic (exact) mass is 291 g/mol. The highest BCUT2D eigenvalue weighted by atomic mass is 15.3. The van der Waals surface area contributed by atoms with E-state index in [-0.39, 0.29) is 5.54 Å². The lowest BCUT2D eigenvalue weighted by Crippen LogP contribution is -2.42. The van der Waals surface area contributed by atoms with Crippen molar-refractivity contribution in [3.63, 3.8) is 0 Å². The summed E-state index contributed by atoms with van der Waals surface area (Å²) in [7, 11) is 2.05. The van der Waals surface area contributed by atoms with Crippen LogP contribution in [-0.2, 0) is 19.9 Å². The Labute approximate surface area is 130 Å². The van der Waals surface area contributed by atoms with Crippen LogP contribution in [0.5, 0.6) is 0 Å². The molecule has 1 aromatic rings. The second-order valence-corrected chi connectivity index (χ2v) is 8.14. The van der Waals surface area contributed by atoms with Crippen molar-refractivity contribution in [2.24, 2.45) is 24.1 Å².